The Bertz CT molecular complexity index is 421. The number of fused-ring (bicyclic) bond motifs is 1. The van der Waals surface area contributed by atoms with Crippen molar-refractivity contribution in [2.45, 2.75) is 31.1 Å². The highest BCUT2D eigenvalue weighted by molar-refractivity contribution is 9.10. The summed E-state index contributed by atoms with van der Waals surface area (Å²) in [5.74, 6) is 1.11. The molecule has 1 unspecified atom stereocenters. The van der Waals surface area contributed by atoms with Crippen molar-refractivity contribution in [1.29, 1.82) is 0 Å². The van der Waals surface area contributed by atoms with E-state index in [0.29, 0.717) is 4.83 Å². The highest BCUT2D eigenvalue weighted by Gasteiger charge is 2.18. The average Bonchev–Trinajstić information content (AvgIpc) is 2.74. The molecule has 0 fully saturated rings. The molecule has 1 heterocycles. The van der Waals surface area contributed by atoms with E-state index >= 15 is 0 Å². The van der Waals surface area contributed by atoms with Crippen molar-refractivity contribution in [2.75, 3.05) is 20.2 Å². The molecule has 1 aromatic rings. The Kier molecular flexibility index (Phi) is 5.10. The Morgan fingerprint density at radius 1 is 1.44 bits per heavy atom. The summed E-state index contributed by atoms with van der Waals surface area (Å²) in [5.41, 5.74) is 2.63. The van der Waals surface area contributed by atoms with Gasteiger partial charge in [0.15, 0.2) is 0 Å². The number of alkyl halides is 1. The van der Waals surface area contributed by atoms with E-state index in [1.807, 2.05) is 0 Å². The summed E-state index contributed by atoms with van der Waals surface area (Å²) in [6.45, 7) is 5.05. The van der Waals surface area contributed by atoms with Crippen LogP contribution in [0.15, 0.2) is 16.6 Å². The van der Waals surface area contributed by atoms with Crippen LogP contribution in [0.1, 0.15) is 24.5 Å². The van der Waals surface area contributed by atoms with Crippen LogP contribution in [0.25, 0.3) is 0 Å². The summed E-state index contributed by atoms with van der Waals surface area (Å²) in [7, 11) is 2.16. The predicted molar refractivity (Wildman–Crippen MR) is 82.7 cm³/mol. The van der Waals surface area contributed by atoms with Crippen molar-refractivity contribution in [3.8, 4) is 5.75 Å². The van der Waals surface area contributed by atoms with Crippen LogP contribution in [0, 0.1) is 0 Å². The van der Waals surface area contributed by atoms with Gasteiger partial charge in [0.1, 0.15) is 5.75 Å². The quantitative estimate of drug-likeness (QED) is 0.720. The van der Waals surface area contributed by atoms with Gasteiger partial charge in [-0.1, -0.05) is 38.8 Å². The van der Waals surface area contributed by atoms with Gasteiger partial charge in [0, 0.05) is 27.8 Å². The van der Waals surface area contributed by atoms with Gasteiger partial charge in [-0.05, 0) is 37.7 Å². The molecule has 0 aliphatic carbocycles. The highest BCUT2D eigenvalue weighted by Crippen LogP contribution is 2.33. The molecule has 4 heteroatoms. The Labute approximate surface area is 126 Å². The SMILES string of the molecule is CC(Br)CCN(C)Cc1cc(Br)cc2c1OCC2. The van der Waals surface area contributed by atoms with E-state index in [1.165, 1.54) is 11.1 Å². The fraction of sp³-hybridized carbons (Fsp3) is 0.571. The smallest absolute Gasteiger partial charge is 0.127 e. The van der Waals surface area contributed by atoms with Crippen LogP contribution >= 0.6 is 31.9 Å². The summed E-state index contributed by atoms with van der Waals surface area (Å²) in [6.07, 6.45) is 2.19. The van der Waals surface area contributed by atoms with Crippen LogP contribution in [0.4, 0.5) is 0 Å². The van der Waals surface area contributed by atoms with Crippen molar-refractivity contribution in [3.05, 3.63) is 27.7 Å². The molecule has 0 radical (unpaired) electrons. The lowest BCUT2D eigenvalue weighted by atomic mass is 10.1. The van der Waals surface area contributed by atoms with Crippen LogP contribution in [-0.4, -0.2) is 29.9 Å². The van der Waals surface area contributed by atoms with Gasteiger partial charge in [-0.15, -0.1) is 0 Å². The minimum Gasteiger partial charge on any atom is -0.493 e. The number of benzene rings is 1. The number of hydrogen-bond donors (Lipinski definition) is 0. The van der Waals surface area contributed by atoms with Crippen molar-refractivity contribution in [1.82, 2.24) is 4.90 Å². The molecule has 0 saturated carbocycles. The normalized spacial score (nSPS) is 15.6. The first-order chi connectivity index (χ1) is 8.56. The zero-order valence-corrected chi connectivity index (χ0v) is 14.1. The Morgan fingerprint density at radius 2 is 2.22 bits per heavy atom. The summed E-state index contributed by atoms with van der Waals surface area (Å²) in [4.78, 5) is 2.92. The second-order valence-electron chi connectivity index (χ2n) is 4.96. The van der Waals surface area contributed by atoms with E-state index in [2.05, 4.69) is 62.9 Å². The second-order valence-corrected chi connectivity index (χ2v) is 7.44. The highest BCUT2D eigenvalue weighted by atomic mass is 79.9. The fourth-order valence-corrected chi connectivity index (χ4v) is 2.99. The molecule has 1 aliphatic rings. The average molecular weight is 377 g/mol. The topological polar surface area (TPSA) is 12.5 Å². The van der Waals surface area contributed by atoms with E-state index < -0.39 is 0 Å². The Balaban J connectivity index is 2.05. The van der Waals surface area contributed by atoms with E-state index in [0.717, 1.165) is 42.8 Å². The molecule has 1 atom stereocenters. The Morgan fingerprint density at radius 3 is 2.94 bits per heavy atom. The number of ether oxygens (including phenoxy) is 1. The molecule has 100 valence electrons. The van der Waals surface area contributed by atoms with Gasteiger partial charge >= 0.3 is 0 Å². The second kappa shape index (κ2) is 6.40. The summed E-state index contributed by atoms with van der Waals surface area (Å²) in [6, 6.07) is 4.35. The lowest BCUT2D eigenvalue weighted by Gasteiger charge is -2.19. The molecule has 1 aromatic carbocycles. The zero-order valence-electron chi connectivity index (χ0n) is 10.9. The van der Waals surface area contributed by atoms with E-state index in [-0.39, 0.29) is 0 Å². The maximum absolute atomic E-state index is 5.75. The van der Waals surface area contributed by atoms with Crippen LogP contribution in [-0.2, 0) is 13.0 Å². The first-order valence-electron chi connectivity index (χ1n) is 6.33. The van der Waals surface area contributed by atoms with Crippen LogP contribution in [0.2, 0.25) is 0 Å². The molecule has 18 heavy (non-hydrogen) atoms. The van der Waals surface area contributed by atoms with Crippen LogP contribution < -0.4 is 4.74 Å². The van der Waals surface area contributed by atoms with Crippen molar-refractivity contribution < 1.29 is 4.74 Å². The number of hydrogen-bond acceptors (Lipinski definition) is 2. The molecule has 2 rings (SSSR count). The molecule has 0 spiro atoms. The summed E-state index contributed by atoms with van der Waals surface area (Å²) < 4.78 is 6.91. The van der Waals surface area contributed by atoms with Crippen molar-refractivity contribution in [3.63, 3.8) is 0 Å². The predicted octanol–water partition coefficient (Wildman–Crippen LogP) is 3.99. The zero-order chi connectivity index (χ0) is 13.1. The maximum atomic E-state index is 5.75. The van der Waals surface area contributed by atoms with Gasteiger partial charge in [-0.2, -0.15) is 0 Å². The largest absolute Gasteiger partial charge is 0.493 e. The van der Waals surface area contributed by atoms with E-state index in [4.69, 9.17) is 4.74 Å². The van der Waals surface area contributed by atoms with Gasteiger partial charge in [-0.25, -0.2) is 0 Å². The summed E-state index contributed by atoms with van der Waals surface area (Å²) in [5, 5.41) is 0. The summed E-state index contributed by atoms with van der Waals surface area (Å²) >= 11 is 7.18. The third-order valence-electron chi connectivity index (χ3n) is 3.17. The molecule has 1 aliphatic heterocycles. The molecule has 0 bridgehead atoms. The van der Waals surface area contributed by atoms with Gasteiger partial charge in [0.25, 0.3) is 0 Å². The molecule has 0 saturated heterocycles. The molecular weight excluding hydrogens is 358 g/mol. The van der Waals surface area contributed by atoms with Crippen LogP contribution in [0.3, 0.4) is 0 Å². The Hall–Kier alpha value is -0.0600. The first kappa shape index (κ1) is 14.4. The van der Waals surface area contributed by atoms with Crippen molar-refractivity contribution >= 4 is 31.9 Å². The maximum Gasteiger partial charge on any atom is 0.127 e. The molecular formula is C14H19Br2NO. The molecule has 0 amide bonds. The van der Waals surface area contributed by atoms with Crippen LogP contribution in [0.5, 0.6) is 5.75 Å². The van der Waals surface area contributed by atoms with Gasteiger partial charge in [0.05, 0.1) is 6.61 Å². The van der Waals surface area contributed by atoms with Gasteiger partial charge < -0.3 is 9.64 Å². The monoisotopic (exact) mass is 375 g/mol. The minimum atomic E-state index is 0.574. The third-order valence-corrected chi connectivity index (χ3v) is 4.09. The third kappa shape index (κ3) is 3.72. The van der Waals surface area contributed by atoms with Gasteiger partial charge in [0.2, 0.25) is 0 Å². The molecule has 0 N–H and O–H groups in total. The van der Waals surface area contributed by atoms with E-state index in [9.17, 15) is 0 Å². The molecule has 2 nitrogen and oxygen atoms in total. The standard InChI is InChI=1S/C14H19Br2NO/c1-10(15)3-5-17(2)9-12-8-13(16)7-11-4-6-18-14(11)12/h7-8,10H,3-6,9H2,1-2H3. The van der Waals surface area contributed by atoms with Gasteiger partial charge in [-0.3, -0.25) is 0 Å². The lowest BCUT2D eigenvalue weighted by molar-refractivity contribution is 0.307. The first-order valence-corrected chi connectivity index (χ1v) is 8.04. The fourth-order valence-electron chi connectivity index (χ4n) is 2.23. The minimum absolute atomic E-state index is 0.574. The lowest BCUT2D eigenvalue weighted by Crippen LogP contribution is -2.21. The number of rotatable bonds is 5. The van der Waals surface area contributed by atoms with E-state index in [1.54, 1.807) is 0 Å². The number of halogens is 2. The number of nitrogens with zero attached hydrogens (tertiary/aromatic N) is 1. The molecule has 0 aromatic heterocycles. The van der Waals surface area contributed by atoms with Crippen molar-refractivity contribution in [2.24, 2.45) is 0 Å².